The molecule has 0 bridgehead atoms. The van der Waals surface area contributed by atoms with Crippen LogP contribution in [0, 0.1) is 13.8 Å². The number of halogens is 1. The van der Waals surface area contributed by atoms with Gasteiger partial charge in [-0.1, -0.05) is 17.7 Å². The molecule has 0 heterocycles. The normalized spacial score (nSPS) is 10.2. The smallest absolute Gasteiger partial charge is 0.338 e. The second-order valence-corrected chi connectivity index (χ2v) is 5.24. The summed E-state index contributed by atoms with van der Waals surface area (Å²) in [6.45, 7) is 3.60. The Kier molecular flexibility index (Phi) is 4.76. The minimum absolute atomic E-state index is 0.260. The van der Waals surface area contributed by atoms with Crippen molar-refractivity contribution >= 4 is 23.4 Å². The average Bonchev–Trinajstić information content (AvgIpc) is 2.48. The van der Waals surface area contributed by atoms with Crippen LogP contribution in [0.25, 0.3) is 0 Å². The summed E-state index contributed by atoms with van der Waals surface area (Å²) in [6, 6.07) is 11.8. The fourth-order valence-electron chi connectivity index (χ4n) is 1.80. The number of ether oxygens (including phenoxy) is 1. The molecule has 0 spiro atoms. The number of rotatable bonds is 4. The third kappa shape index (κ3) is 3.92. The van der Waals surface area contributed by atoms with E-state index in [0.29, 0.717) is 16.1 Å². The van der Waals surface area contributed by atoms with E-state index in [1.54, 1.807) is 36.4 Å². The number of carbonyl (C=O) groups excluding carboxylic acids is 2. The zero-order valence-corrected chi connectivity index (χ0v) is 12.6. The molecule has 0 aromatic heterocycles. The number of aryl methyl sites for hydroxylation is 2. The van der Waals surface area contributed by atoms with Crippen LogP contribution in [0.15, 0.2) is 42.5 Å². The summed E-state index contributed by atoms with van der Waals surface area (Å²) in [5.41, 5.74) is 3.02. The number of hydrogen-bond donors (Lipinski definition) is 0. The topological polar surface area (TPSA) is 43.4 Å². The zero-order chi connectivity index (χ0) is 15.4. The Labute approximate surface area is 128 Å². The van der Waals surface area contributed by atoms with Crippen molar-refractivity contribution in [1.82, 2.24) is 0 Å². The summed E-state index contributed by atoms with van der Waals surface area (Å²) < 4.78 is 5.05. The third-order valence-corrected chi connectivity index (χ3v) is 3.50. The van der Waals surface area contributed by atoms with E-state index < -0.39 is 5.97 Å². The molecule has 0 fully saturated rings. The van der Waals surface area contributed by atoms with E-state index in [-0.39, 0.29) is 12.4 Å². The Hall–Kier alpha value is -2.13. The standard InChI is InChI=1S/C17H15ClO3/c1-11-3-4-14(9-12(11)2)17(20)21-10-16(19)13-5-7-15(18)8-6-13/h3-9H,10H2,1-2H3. The molecule has 0 saturated carbocycles. The molecule has 108 valence electrons. The maximum Gasteiger partial charge on any atom is 0.338 e. The number of carbonyl (C=O) groups is 2. The first-order valence-corrected chi connectivity index (χ1v) is 6.88. The van der Waals surface area contributed by atoms with Gasteiger partial charge in [-0.05, 0) is 61.4 Å². The summed E-state index contributed by atoms with van der Waals surface area (Å²) in [7, 11) is 0. The van der Waals surface area contributed by atoms with Gasteiger partial charge in [-0.3, -0.25) is 4.79 Å². The molecule has 2 aromatic carbocycles. The predicted molar refractivity (Wildman–Crippen MR) is 82.0 cm³/mol. The molecule has 0 aliphatic carbocycles. The van der Waals surface area contributed by atoms with Crippen LogP contribution in [0.1, 0.15) is 31.8 Å². The summed E-state index contributed by atoms with van der Waals surface area (Å²) in [6.07, 6.45) is 0. The molecule has 3 nitrogen and oxygen atoms in total. The highest BCUT2D eigenvalue weighted by Gasteiger charge is 2.12. The van der Waals surface area contributed by atoms with Gasteiger partial charge in [0.1, 0.15) is 0 Å². The Morgan fingerprint density at radius 2 is 1.57 bits per heavy atom. The van der Waals surface area contributed by atoms with Crippen LogP contribution in [0.3, 0.4) is 0 Å². The van der Waals surface area contributed by atoms with Gasteiger partial charge in [-0.25, -0.2) is 4.79 Å². The number of Topliss-reactive ketones (excluding diaryl/α,β-unsaturated/α-hetero) is 1. The van der Waals surface area contributed by atoms with E-state index in [9.17, 15) is 9.59 Å². The van der Waals surface area contributed by atoms with Crippen molar-refractivity contribution in [2.24, 2.45) is 0 Å². The predicted octanol–water partition coefficient (Wildman–Crippen LogP) is 4.00. The largest absolute Gasteiger partial charge is 0.454 e. The summed E-state index contributed by atoms with van der Waals surface area (Å²) in [4.78, 5) is 23.8. The Morgan fingerprint density at radius 3 is 2.19 bits per heavy atom. The highest BCUT2D eigenvalue weighted by atomic mass is 35.5. The second-order valence-electron chi connectivity index (χ2n) is 4.81. The van der Waals surface area contributed by atoms with Crippen molar-refractivity contribution in [1.29, 1.82) is 0 Å². The van der Waals surface area contributed by atoms with Gasteiger partial charge in [-0.2, -0.15) is 0 Å². The number of benzene rings is 2. The Balaban J connectivity index is 1.98. The molecule has 0 atom stereocenters. The molecule has 2 rings (SSSR count). The Bertz CT molecular complexity index is 675. The fraction of sp³-hybridized carbons (Fsp3) is 0.176. The maximum atomic E-state index is 11.9. The van der Waals surface area contributed by atoms with Crippen molar-refractivity contribution in [2.75, 3.05) is 6.61 Å². The fourth-order valence-corrected chi connectivity index (χ4v) is 1.93. The minimum Gasteiger partial charge on any atom is -0.454 e. The maximum absolute atomic E-state index is 11.9. The lowest BCUT2D eigenvalue weighted by Crippen LogP contribution is -2.14. The lowest BCUT2D eigenvalue weighted by Gasteiger charge is -2.06. The van der Waals surface area contributed by atoms with E-state index in [2.05, 4.69) is 0 Å². The van der Waals surface area contributed by atoms with Crippen LogP contribution in [0.2, 0.25) is 5.02 Å². The van der Waals surface area contributed by atoms with Gasteiger partial charge in [-0.15, -0.1) is 0 Å². The van der Waals surface area contributed by atoms with E-state index in [0.717, 1.165) is 11.1 Å². The molecule has 0 aliphatic rings. The number of ketones is 1. The lowest BCUT2D eigenvalue weighted by molar-refractivity contribution is 0.0474. The second kappa shape index (κ2) is 6.55. The van der Waals surface area contributed by atoms with Gasteiger partial charge in [0.05, 0.1) is 5.56 Å². The summed E-state index contributed by atoms with van der Waals surface area (Å²) in [5, 5.41) is 0.554. The molecule has 0 unspecified atom stereocenters. The molecule has 0 aliphatic heterocycles. The molecule has 0 N–H and O–H groups in total. The van der Waals surface area contributed by atoms with E-state index >= 15 is 0 Å². The molecule has 2 aromatic rings. The van der Waals surface area contributed by atoms with Crippen molar-refractivity contribution in [3.05, 3.63) is 69.7 Å². The zero-order valence-electron chi connectivity index (χ0n) is 11.9. The average molecular weight is 303 g/mol. The van der Waals surface area contributed by atoms with Crippen LogP contribution in [0.5, 0.6) is 0 Å². The molecule has 0 radical (unpaired) electrons. The SMILES string of the molecule is Cc1ccc(C(=O)OCC(=O)c2ccc(Cl)cc2)cc1C. The van der Waals surface area contributed by atoms with Gasteiger partial charge in [0.15, 0.2) is 12.4 Å². The van der Waals surface area contributed by atoms with Crippen molar-refractivity contribution in [3.63, 3.8) is 0 Å². The van der Waals surface area contributed by atoms with Gasteiger partial charge in [0, 0.05) is 10.6 Å². The van der Waals surface area contributed by atoms with Crippen LogP contribution in [-0.2, 0) is 4.74 Å². The first kappa shape index (κ1) is 15.3. The molecule has 21 heavy (non-hydrogen) atoms. The third-order valence-electron chi connectivity index (χ3n) is 3.24. The highest BCUT2D eigenvalue weighted by molar-refractivity contribution is 6.30. The van der Waals surface area contributed by atoms with Crippen LogP contribution in [-0.4, -0.2) is 18.4 Å². The van der Waals surface area contributed by atoms with E-state index in [4.69, 9.17) is 16.3 Å². The monoisotopic (exact) mass is 302 g/mol. The molecular weight excluding hydrogens is 288 g/mol. The highest BCUT2D eigenvalue weighted by Crippen LogP contribution is 2.12. The van der Waals surface area contributed by atoms with Crippen LogP contribution >= 0.6 is 11.6 Å². The Morgan fingerprint density at radius 1 is 0.952 bits per heavy atom. The van der Waals surface area contributed by atoms with Gasteiger partial charge in [0.25, 0.3) is 0 Å². The van der Waals surface area contributed by atoms with Gasteiger partial charge in [0.2, 0.25) is 0 Å². The first-order valence-electron chi connectivity index (χ1n) is 6.50. The van der Waals surface area contributed by atoms with E-state index in [1.165, 1.54) is 0 Å². The first-order chi connectivity index (χ1) is 9.97. The van der Waals surface area contributed by atoms with Crippen molar-refractivity contribution < 1.29 is 14.3 Å². The van der Waals surface area contributed by atoms with E-state index in [1.807, 2.05) is 19.9 Å². The van der Waals surface area contributed by atoms with Crippen molar-refractivity contribution in [3.8, 4) is 0 Å². The number of hydrogen-bond acceptors (Lipinski definition) is 3. The minimum atomic E-state index is -0.500. The van der Waals surface area contributed by atoms with Gasteiger partial charge >= 0.3 is 5.97 Å². The van der Waals surface area contributed by atoms with Gasteiger partial charge < -0.3 is 4.74 Å². The molecule has 0 amide bonds. The lowest BCUT2D eigenvalue weighted by atomic mass is 10.1. The molecule has 0 saturated heterocycles. The van der Waals surface area contributed by atoms with Crippen molar-refractivity contribution in [2.45, 2.75) is 13.8 Å². The summed E-state index contributed by atoms with van der Waals surface area (Å²) in [5.74, 6) is -0.760. The summed E-state index contributed by atoms with van der Waals surface area (Å²) >= 11 is 5.75. The van der Waals surface area contributed by atoms with Crippen LogP contribution in [0.4, 0.5) is 0 Å². The van der Waals surface area contributed by atoms with Crippen LogP contribution < -0.4 is 0 Å². The quantitative estimate of drug-likeness (QED) is 0.633. The number of esters is 1. The molecular formula is C17H15ClO3. The molecule has 4 heteroatoms.